The number of nitrogens with zero attached hydrogens (tertiary/aromatic N) is 4. The van der Waals surface area contributed by atoms with Gasteiger partial charge in [-0.15, -0.1) is 0 Å². The quantitative estimate of drug-likeness (QED) is 0.548. The van der Waals surface area contributed by atoms with E-state index >= 15 is 0 Å². The fourth-order valence-electron chi connectivity index (χ4n) is 6.09. The van der Waals surface area contributed by atoms with Crippen LogP contribution in [0.3, 0.4) is 0 Å². The molecule has 3 aliphatic heterocycles. The van der Waals surface area contributed by atoms with Gasteiger partial charge in [-0.3, -0.25) is 19.4 Å². The van der Waals surface area contributed by atoms with Crippen LogP contribution in [0.1, 0.15) is 39.9 Å². The number of likely N-dealkylation sites (tertiary alicyclic amines) is 1. The molecule has 8 nitrogen and oxygen atoms in total. The Kier molecular flexibility index (Phi) is 9.86. The van der Waals surface area contributed by atoms with E-state index in [2.05, 4.69) is 46.3 Å². The second kappa shape index (κ2) is 13.7. The van der Waals surface area contributed by atoms with Crippen molar-refractivity contribution in [3.05, 3.63) is 70.8 Å². The lowest BCUT2D eigenvalue weighted by Crippen LogP contribution is -2.48. The monoisotopic (exact) mass is 547 g/mol. The molecule has 0 aromatic heterocycles. The van der Waals surface area contributed by atoms with Crippen LogP contribution < -0.4 is 5.32 Å². The highest BCUT2D eigenvalue weighted by Gasteiger charge is 2.43. The van der Waals surface area contributed by atoms with Crippen LogP contribution in [0.2, 0.25) is 0 Å². The zero-order chi connectivity index (χ0) is 27.9. The molecule has 2 aromatic rings. The molecule has 0 saturated carbocycles. The van der Waals surface area contributed by atoms with E-state index in [1.165, 1.54) is 11.1 Å². The van der Waals surface area contributed by atoms with Crippen LogP contribution in [-0.2, 0) is 16.1 Å². The van der Waals surface area contributed by atoms with Crippen LogP contribution in [0.15, 0.2) is 48.5 Å². The number of carbonyl (C=O) groups excluding carboxylic acids is 2. The number of hydrogen-bond donors (Lipinski definition) is 1. The molecule has 2 atom stereocenters. The van der Waals surface area contributed by atoms with E-state index in [9.17, 15) is 9.59 Å². The number of hydrogen-bond acceptors (Lipinski definition) is 6. The highest BCUT2D eigenvalue weighted by molar-refractivity contribution is 5.98. The zero-order valence-electron chi connectivity index (χ0n) is 24.2. The molecule has 3 aliphatic rings. The molecule has 5 rings (SSSR count). The molecule has 216 valence electrons. The van der Waals surface area contributed by atoms with Crippen molar-refractivity contribution in [3.8, 4) is 0 Å². The predicted octanol–water partition coefficient (Wildman–Crippen LogP) is 2.54. The maximum absolute atomic E-state index is 14.0. The van der Waals surface area contributed by atoms with E-state index < -0.39 is 6.04 Å². The minimum atomic E-state index is -0.444. The normalized spacial score (nSPS) is 22.5. The van der Waals surface area contributed by atoms with Gasteiger partial charge in [-0.1, -0.05) is 47.5 Å². The fraction of sp³-hybridized carbons (Fsp3) is 0.562. The van der Waals surface area contributed by atoms with E-state index in [-0.39, 0.29) is 17.9 Å². The number of carbonyl (C=O) groups is 2. The molecular weight excluding hydrogens is 502 g/mol. The lowest BCUT2D eigenvalue weighted by Gasteiger charge is -2.33. The Balaban J connectivity index is 1.39. The van der Waals surface area contributed by atoms with Gasteiger partial charge >= 0.3 is 0 Å². The second-order valence-corrected chi connectivity index (χ2v) is 11.6. The molecule has 1 N–H and O–H groups in total. The van der Waals surface area contributed by atoms with Crippen molar-refractivity contribution in [2.75, 3.05) is 72.1 Å². The molecule has 0 bridgehead atoms. The molecule has 0 aliphatic carbocycles. The molecule has 0 radical (unpaired) electrons. The molecular formula is C32H45N5O3. The molecule has 2 aromatic carbocycles. The van der Waals surface area contributed by atoms with Crippen LogP contribution in [0.5, 0.6) is 0 Å². The van der Waals surface area contributed by atoms with Gasteiger partial charge in [-0.25, -0.2) is 0 Å². The van der Waals surface area contributed by atoms with Crippen molar-refractivity contribution in [3.63, 3.8) is 0 Å². The average molecular weight is 548 g/mol. The molecule has 2 unspecified atom stereocenters. The first-order valence-electron chi connectivity index (χ1n) is 14.9. The van der Waals surface area contributed by atoms with Gasteiger partial charge in [0.25, 0.3) is 5.91 Å². The lowest BCUT2D eigenvalue weighted by molar-refractivity contribution is -0.135. The average Bonchev–Trinajstić information content (AvgIpc) is 3.24. The van der Waals surface area contributed by atoms with E-state index in [0.717, 1.165) is 77.6 Å². The Morgan fingerprint density at radius 3 is 2.35 bits per heavy atom. The first-order chi connectivity index (χ1) is 19.5. The second-order valence-electron chi connectivity index (χ2n) is 11.6. The summed E-state index contributed by atoms with van der Waals surface area (Å²) < 4.78 is 5.56. The number of amides is 2. The molecule has 40 heavy (non-hydrogen) atoms. The topological polar surface area (TPSA) is 68.4 Å². The molecule has 3 saturated heterocycles. The van der Waals surface area contributed by atoms with Gasteiger partial charge in [0, 0.05) is 70.5 Å². The number of rotatable bonds is 8. The summed E-state index contributed by atoms with van der Waals surface area (Å²) in [7, 11) is 0. The first-order valence-corrected chi connectivity index (χ1v) is 14.9. The van der Waals surface area contributed by atoms with Gasteiger partial charge in [0.05, 0.1) is 13.2 Å². The van der Waals surface area contributed by atoms with Gasteiger partial charge in [0.2, 0.25) is 5.91 Å². The largest absolute Gasteiger partial charge is 0.379 e. The predicted molar refractivity (Wildman–Crippen MR) is 157 cm³/mol. The Hall–Kier alpha value is -2.78. The molecule has 2 amide bonds. The highest BCUT2D eigenvalue weighted by Crippen LogP contribution is 2.28. The number of aryl methyl sites for hydroxylation is 2. The van der Waals surface area contributed by atoms with Gasteiger partial charge < -0.3 is 19.9 Å². The van der Waals surface area contributed by atoms with Crippen LogP contribution in [0, 0.1) is 13.8 Å². The summed E-state index contributed by atoms with van der Waals surface area (Å²) in [5.74, 6) is 0.0485. The standard InChI is InChI=1S/C32H45N5O3/c1-25-4-8-27(9-5-25)23-36(17-16-34-18-20-40-21-19-34)29-22-30(32(39)35-14-3-12-33-13-15-35)37(24-29)31(38)28-10-6-26(2)7-11-28/h4-11,29-30,33H,3,12-24H2,1-2H3. The summed E-state index contributed by atoms with van der Waals surface area (Å²) in [5, 5.41) is 3.40. The zero-order valence-corrected chi connectivity index (χ0v) is 24.2. The minimum Gasteiger partial charge on any atom is -0.379 e. The van der Waals surface area contributed by atoms with E-state index in [1.807, 2.05) is 41.0 Å². The molecule has 0 spiro atoms. The number of nitrogens with one attached hydrogen (secondary N) is 1. The molecule has 3 fully saturated rings. The van der Waals surface area contributed by atoms with Gasteiger partial charge in [0.15, 0.2) is 0 Å². The van der Waals surface area contributed by atoms with Crippen LogP contribution in [0.25, 0.3) is 0 Å². The number of morpholine rings is 1. The third-order valence-corrected chi connectivity index (χ3v) is 8.61. The van der Waals surface area contributed by atoms with Gasteiger partial charge in [-0.2, -0.15) is 0 Å². The Bertz CT molecular complexity index is 1110. The van der Waals surface area contributed by atoms with Crippen LogP contribution >= 0.6 is 0 Å². The summed E-state index contributed by atoms with van der Waals surface area (Å²) in [4.78, 5) is 36.7. The SMILES string of the molecule is Cc1ccc(CN(CCN2CCOCC2)C2CC(C(=O)N3CCCNCC3)N(C(=O)c3ccc(C)cc3)C2)cc1. The van der Waals surface area contributed by atoms with Crippen molar-refractivity contribution < 1.29 is 14.3 Å². The Labute approximate surface area is 239 Å². The van der Waals surface area contributed by atoms with E-state index in [4.69, 9.17) is 4.74 Å². The fourth-order valence-corrected chi connectivity index (χ4v) is 6.09. The van der Waals surface area contributed by atoms with Crippen molar-refractivity contribution >= 4 is 11.8 Å². The number of ether oxygens (including phenoxy) is 1. The summed E-state index contributed by atoms with van der Waals surface area (Å²) in [6.45, 7) is 14.0. The third-order valence-electron chi connectivity index (χ3n) is 8.61. The van der Waals surface area contributed by atoms with Crippen molar-refractivity contribution in [2.45, 2.75) is 45.3 Å². The first kappa shape index (κ1) is 28.7. The lowest BCUT2D eigenvalue weighted by atomic mass is 10.1. The summed E-state index contributed by atoms with van der Waals surface area (Å²) in [5.41, 5.74) is 4.28. The maximum atomic E-state index is 14.0. The van der Waals surface area contributed by atoms with Crippen LogP contribution in [0.4, 0.5) is 0 Å². The van der Waals surface area contributed by atoms with Crippen molar-refractivity contribution in [1.29, 1.82) is 0 Å². The van der Waals surface area contributed by atoms with Gasteiger partial charge in [0.1, 0.15) is 6.04 Å². The number of benzene rings is 2. The van der Waals surface area contributed by atoms with Crippen molar-refractivity contribution in [1.82, 2.24) is 24.9 Å². The minimum absolute atomic E-state index is 0.0442. The summed E-state index contributed by atoms with van der Waals surface area (Å²) in [6, 6.07) is 16.1. The Morgan fingerprint density at radius 1 is 0.925 bits per heavy atom. The van der Waals surface area contributed by atoms with E-state index in [0.29, 0.717) is 25.1 Å². The smallest absolute Gasteiger partial charge is 0.254 e. The van der Waals surface area contributed by atoms with Crippen molar-refractivity contribution in [2.24, 2.45) is 0 Å². The molecule has 8 heteroatoms. The maximum Gasteiger partial charge on any atom is 0.254 e. The summed E-state index contributed by atoms with van der Waals surface area (Å²) in [6.07, 6.45) is 1.60. The third kappa shape index (κ3) is 7.29. The summed E-state index contributed by atoms with van der Waals surface area (Å²) >= 11 is 0. The van der Waals surface area contributed by atoms with Crippen LogP contribution in [-0.4, -0.2) is 116 Å². The van der Waals surface area contributed by atoms with Gasteiger partial charge in [-0.05, 0) is 50.9 Å². The Morgan fingerprint density at radius 2 is 1.62 bits per heavy atom. The highest BCUT2D eigenvalue weighted by atomic mass is 16.5. The van der Waals surface area contributed by atoms with E-state index in [1.54, 1.807) is 0 Å². The molecule has 3 heterocycles.